The van der Waals surface area contributed by atoms with E-state index in [1.54, 1.807) is 24.3 Å². The molecule has 27 heavy (non-hydrogen) atoms. The number of imide groups is 1. The van der Waals surface area contributed by atoms with Gasteiger partial charge in [-0.05, 0) is 50.1 Å². The van der Waals surface area contributed by atoms with Gasteiger partial charge in [-0.25, -0.2) is 0 Å². The van der Waals surface area contributed by atoms with Crippen LogP contribution in [0.25, 0.3) is 0 Å². The summed E-state index contributed by atoms with van der Waals surface area (Å²) in [6, 6.07) is 15.5. The maximum atomic E-state index is 12.6. The van der Waals surface area contributed by atoms with Gasteiger partial charge in [0.2, 0.25) is 0 Å². The molecule has 2 amide bonds. The fourth-order valence-electron chi connectivity index (χ4n) is 4.04. The molecule has 2 aromatic carbocycles. The first-order chi connectivity index (χ1) is 13.1. The molecule has 2 aliphatic rings. The molecule has 0 saturated carbocycles. The van der Waals surface area contributed by atoms with Gasteiger partial charge < -0.3 is 4.90 Å². The summed E-state index contributed by atoms with van der Waals surface area (Å²) in [4.78, 5) is 31.0. The van der Waals surface area contributed by atoms with Crippen LogP contribution in [0, 0.1) is 0 Å². The van der Waals surface area contributed by atoms with Gasteiger partial charge in [0.15, 0.2) is 0 Å². The quantitative estimate of drug-likeness (QED) is 0.764. The van der Waals surface area contributed by atoms with Crippen LogP contribution in [0.1, 0.15) is 45.5 Å². The molecule has 0 unspecified atom stereocenters. The number of para-hydroxylation sites is 1. The van der Waals surface area contributed by atoms with Crippen LogP contribution in [-0.4, -0.2) is 48.4 Å². The molecule has 0 aromatic heterocycles. The highest BCUT2D eigenvalue weighted by Gasteiger charge is 2.35. The number of fused-ring (bicyclic) bond motifs is 1. The van der Waals surface area contributed by atoms with E-state index in [9.17, 15) is 9.59 Å². The topological polar surface area (TPSA) is 43.9 Å². The fraction of sp³-hybridized carbons (Fsp3) is 0.364. The van der Waals surface area contributed by atoms with Crippen molar-refractivity contribution in [3.63, 3.8) is 0 Å². The second kappa shape index (κ2) is 7.53. The summed E-state index contributed by atoms with van der Waals surface area (Å²) in [5.41, 5.74) is 3.51. The molecule has 2 aliphatic heterocycles. The third-order valence-electron chi connectivity index (χ3n) is 5.39. The highest BCUT2D eigenvalue weighted by atomic mass is 16.2. The summed E-state index contributed by atoms with van der Waals surface area (Å²) in [6.45, 7) is 3.18. The monoisotopic (exact) mass is 363 g/mol. The lowest BCUT2D eigenvalue weighted by Crippen LogP contribution is -2.39. The number of piperidine rings is 1. The first kappa shape index (κ1) is 17.7. The minimum Gasteiger partial charge on any atom is -0.371 e. The maximum Gasteiger partial charge on any atom is 0.262 e. The van der Waals surface area contributed by atoms with Crippen LogP contribution >= 0.6 is 0 Å². The molecule has 1 fully saturated rings. The van der Waals surface area contributed by atoms with E-state index in [-0.39, 0.29) is 11.8 Å². The molecule has 1 saturated heterocycles. The second-order valence-corrected chi connectivity index (χ2v) is 7.42. The Bertz CT molecular complexity index is 823. The molecule has 4 rings (SSSR count). The zero-order valence-corrected chi connectivity index (χ0v) is 15.7. The number of hydrogen-bond acceptors (Lipinski definition) is 4. The zero-order chi connectivity index (χ0) is 18.8. The number of anilines is 1. The van der Waals surface area contributed by atoms with Crippen LogP contribution in [-0.2, 0) is 6.54 Å². The predicted molar refractivity (Wildman–Crippen MR) is 106 cm³/mol. The Balaban J connectivity index is 1.47. The van der Waals surface area contributed by atoms with Gasteiger partial charge in [-0.2, -0.15) is 0 Å². The molecule has 0 aliphatic carbocycles. The van der Waals surface area contributed by atoms with Crippen LogP contribution in [0.4, 0.5) is 5.69 Å². The molecule has 0 atom stereocenters. The molecular formula is C22H25N3O2. The largest absolute Gasteiger partial charge is 0.371 e. The summed E-state index contributed by atoms with van der Waals surface area (Å²) < 4.78 is 0. The number of nitrogens with zero attached hydrogens (tertiary/aromatic N) is 3. The average molecular weight is 363 g/mol. The Hall–Kier alpha value is -2.66. The fourth-order valence-corrected chi connectivity index (χ4v) is 4.04. The lowest BCUT2D eigenvalue weighted by Gasteiger charge is -2.32. The molecule has 2 heterocycles. The van der Waals surface area contributed by atoms with Gasteiger partial charge in [0, 0.05) is 25.3 Å². The minimum absolute atomic E-state index is 0.202. The molecule has 5 nitrogen and oxygen atoms in total. The van der Waals surface area contributed by atoms with Crippen molar-refractivity contribution in [1.82, 2.24) is 9.80 Å². The number of hydrogen-bond donors (Lipinski definition) is 0. The van der Waals surface area contributed by atoms with Gasteiger partial charge in [-0.1, -0.05) is 30.3 Å². The van der Waals surface area contributed by atoms with Crippen LogP contribution < -0.4 is 4.90 Å². The van der Waals surface area contributed by atoms with Gasteiger partial charge in [0.1, 0.15) is 0 Å². The number of amides is 2. The molecule has 0 radical (unpaired) electrons. The van der Waals surface area contributed by atoms with Gasteiger partial charge in [-0.15, -0.1) is 0 Å². The lowest BCUT2D eigenvalue weighted by molar-refractivity contribution is 0.0559. The van der Waals surface area contributed by atoms with Gasteiger partial charge >= 0.3 is 0 Å². The zero-order valence-electron chi connectivity index (χ0n) is 15.7. The maximum absolute atomic E-state index is 12.6. The van der Waals surface area contributed by atoms with Crippen molar-refractivity contribution in [3.05, 3.63) is 65.2 Å². The van der Waals surface area contributed by atoms with Gasteiger partial charge in [0.05, 0.1) is 17.8 Å². The van der Waals surface area contributed by atoms with E-state index in [2.05, 4.69) is 29.2 Å². The van der Waals surface area contributed by atoms with E-state index in [1.807, 2.05) is 11.9 Å². The Labute approximate surface area is 160 Å². The van der Waals surface area contributed by atoms with Crippen molar-refractivity contribution in [2.24, 2.45) is 0 Å². The van der Waals surface area contributed by atoms with Crippen LogP contribution in [0.5, 0.6) is 0 Å². The standard InChI is InChI=1S/C22H25N3O2/c1-23(16-25-21(26)18-10-4-5-11-19(18)22(25)27)15-17-9-3-6-12-20(17)24-13-7-2-8-14-24/h3-6,9-12H,2,7-8,13-16H2,1H3. The third kappa shape index (κ3) is 3.47. The highest BCUT2D eigenvalue weighted by molar-refractivity contribution is 6.21. The first-order valence-electron chi connectivity index (χ1n) is 9.62. The van der Waals surface area contributed by atoms with Gasteiger partial charge in [0.25, 0.3) is 11.8 Å². The first-order valence-corrected chi connectivity index (χ1v) is 9.62. The third-order valence-corrected chi connectivity index (χ3v) is 5.39. The Morgan fingerprint density at radius 3 is 2.11 bits per heavy atom. The van der Waals surface area contributed by atoms with E-state index < -0.39 is 0 Å². The molecule has 140 valence electrons. The van der Waals surface area contributed by atoms with Gasteiger partial charge in [-0.3, -0.25) is 19.4 Å². The summed E-state index contributed by atoms with van der Waals surface area (Å²) in [6.07, 6.45) is 3.77. The summed E-state index contributed by atoms with van der Waals surface area (Å²) >= 11 is 0. The van der Waals surface area contributed by atoms with E-state index in [0.717, 1.165) is 13.1 Å². The summed E-state index contributed by atoms with van der Waals surface area (Å²) in [7, 11) is 1.95. The number of rotatable bonds is 5. The van der Waals surface area contributed by atoms with Crippen LogP contribution in [0.3, 0.4) is 0 Å². The SMILES string of the molecule is CN(Cc1ccccc1N1CCCCC1)CN1C(=O)c2ccccc2C1=O. The Kier molecular flexibility index (Phi) is 4.94. The Morgan fingerprint density at radius 1 is 0.852 bits per heavy atom. The van der Waals surface area contributed by atoms with Crippen molar-refractivity contribution in [2.75, 3.05) is 31.7 Å². The molecule has 5 heteroatoms. The minimum atomic E-state index is -0.202. The Morgan fingerprint density at radius 2 is 1.44 bits per heavy atom. The van der Waals surface area contributed by atoms with E-state index in [4.69, 9.17) is 0 Å². The van der Waals surface area contributed by atoms with Crippen molar-refractivity contribution >= 4 is 17.5 Å². The van der Waals surface area contributed by atoms with Crippen molar-refractivity contribution in [3.8, 4) is 0 Å². The van der Waals surface area contributed by atoms with E-state index in [0.29, 0.717) is 24.3 Å². The van der Waals surface area contributed by atoms with E-state index in [1.165, 1.54) is 35.4 Å². The van der Waals surface area contributed by atoms with E-state index >= 15 is 0 Å². The average Bonchev–Trinajstić information content (AvgIpc) is 2.94. The molecule has 0 spiro atoms. The lowest BCUT2D eigenvalue weighted by atomic mass is 10.1. The normalized spacial score (nSPS) is 17.0. The predicted octanol–water partition coefficient (Wildman–Crippen LogP) is 3.36. The van der Waals surface area contributed by atoms with Crippen LogP contribution in [0.2, 0.25) is 0 Å². The van der Waals surface area contributed by atoms with Crippen LogP contribution in [0.15, 0.2) is 48.5 Å². The highest BCUT2D eigenvalue weighted by Crippen LogP contribution is 2.26. The van der Waals surface area contributed by atoms with Crippen molar-refractivity contribution in [2.45, 2.75) is 25.8 Å². The molecule has 2 aromatic rings. The number of benzene rings is 2. The molecule has 0 bridgehead atoms. The second-order valence-electron chi connectivity index (χ2n) is 7.42. The molecular weight excluding hydrogens is 338 g/mol. The molecule has 0 N–H and O–H groups in total. The summed E-state index contributed by atoms with van der Waals surface area (Å²) in [5.74, 6) is -0.404. The number of carbonyl (C=O) groups is 2. The van der Waals surface area contributed by atoms with Crippen molar-refractivity contribution in [1.29, 1.82) is 0 Å². The smallest absolute Gasteiger partial charge is 0.262 e. The van der Waals surface area contributed by atoms with Crippen molar-refractivity contribution < 1.29 is 9.59 Å². The number of carbonyl (C=O) groups excluding carboxylic acids is 2. The summed E-state index contributed by atoms with van der Waals surface area (Å²) in [5, 5.41) is 0.